The summed E-state index contributed by atoms with van der Waals surface area (Å²) in [7, 11) is 0. The fraction of sp³-hybridized carbons (Fsp3) is 0.333. The third-order valence-electron chi connectivity index (χ3n) is 3.99. The van der Waals surface area contributed by atoms with Gasteiger partial charge in [0.05, 0.1) is 0 Å². The molecule has 4 rings (SSSR count). The predicted octanol–water partition coefficient (Wildman–Crippen LogP) is 2.66. The zero-order valence-corrected chi connectivity index (χ0v) is 9.76. The molecule has 2 nitrogen and oxygen atoms in total. The van der Waals surface area contributed by atoms with Crippen molar-refractivity contribution in [1.82, 2.24) is 10.2 Å². The van der Waals surface area contributed by atoms with E-state index in [0.717, 1.165) is 6.54 Å². The number of likely N-dealkylation sites (tertiary alicyclic amines) is 1. The second-order valence-electron chi connectivity index (χ2n) is 4.96. The zero-order valence-electron chi connectivity index (χ0n) is 9.76. The van der Waals surface area contributed by atoms with Crippen LogP contribution in [0, 0.1) is 0 Å². The van der Waals surface area contributed by atoms with E-state index < -0.39 is 0 Å². The molecule has 2 heterocycles. The van der Waals surface area contributed by atoms with E-state index in [9.17, 15) is 0 Å². The van der Waals surface area contributed by atoms with E-state index >= 15 is 0 Å². The maximum atomic E-state index is 4.80. The van der Waals surface area contributed by atoms with E-state index in [2.05, 4.69) is 41.3 Å². The van der Waals surface area contributed by atoms with Gasteiger partial charge in [0.1, 0.15) is 6.17 Å². The molecule has 1 radical (unpaired) electrons. The second kappa shape index (κ2) is 3.56. The Morgan fingerprint density at radius 2 is 1.94 bits per heavy atom. The Labute approximate surface area is 101 Å². The second-order valence-corrected chi connectivity index (χ2v) is 4.96. The lowest BCUT2D eigenvalue weighted by Crippen LogP contribution is -2.42. The smallest absolute Gasteiger partial charge is 0.103 e. The highest BCUT2D eigenvalue weighted by Gasteiger charge is 2.32. The van der Waals surface area contributed by atoms with Crippen LogP contribution in [0.3, 0.4) is 0 Å². The lowest BCUT2D eigenvalue weighted by atomic mass is 9.98. The minimum Gasteiger partial charge on any atom is -0.283 e. The van der Waals surface area contributed by atoms with Crippen LogP contribution in [-0.4, -0.2) is 18.0 Å². The number of fused-ring (bicyclic) bond motifs is 3. The van der Waals surface area contributed by atoms with Crippen molar-refractivity contribution in [3.05, 3.63) is 47.5 Å². The molecular formula is C15H15N2. The van der Waals surface area contributed by atoms with E-state index in [4.69, 9.17) is 5.32 Å². The average molecular weight is 223 g/mol. The molecule has 1 fully saturated rings. The molecule has 0 spiro atoms. The van der Waals surface area contributed by atoms with Gasteiger partial charge >= 0.3 is 0 Å². The van der Waals surface area contributed by atoms with Gasteiger partial charge in [0, 0.05) is 19.6 Å². The Kier molecular flexibility index (Phi) is 2.01. The summed E-state index contributed by atoms with van der Waals surface area (Å²) in [6, 6.07) is 13.2. The van der Waals surface area contributed by atoms with E-state index in [-0.39, 0.29) is 0 Å². The first-order chi connectivity index (χ1) is 8.43. The predicted molar refractivity (Wildman–Crippen MR) is 68.7 cm³/mol. The molecule has 1 saturated heterocycles. The topological polar surface area (TPSA) is 17.3 Å². The normalized spacial score (nSPS) is 23.6. The summed E-state index contributed by atoms with van der Waals surface area (Å²) >= 11 is 0. The SMILES string of the molecule is c1ccc2c3c(ccc2c1)C[N]C3N1CCC1. The molecule has 2 aliphatic heterocycles. The van der Waals surface area contributed by atoms with Crippen LogP contribution in [-0.2, 0) is 6.54 Å². The van der Waals surface area contributed by atoms with Crippen LogP contribution in [0.4, 0.5) is 0 Å². The van der Waals surface area contributed by atoms with Crippen LogP contribution in [0.25, 0.3) is 10.8 Å². The summed E-state index contributed by atoms with van der Waals surface area (Å²) in [5.41, 5.74) is 2.88. The van der Waals surface area contributed by atoms with Gasteiger partial charge in [0.25, 0.3) is 0 Å². The summed E-state index contributed by atoms with van der Waals surface area (Å²) in [5, 5.41) is 7.54. The molecule has 0 N–H and O–H groups in total. The molecule has 0 saturated carbocycles. The molecule has 0 bridgehead atoms. The highest BCUT2D eigenvalue weighted by molar-refractivity contribution is 5.87. The monoisotopic (exact) mass is 223 g/mol. The summed E-state index contributed by atoms with van der Waals surface area (Å²) in [6.07, 6.45) is 1.65. The summed E-state index contributed by atoms with van der Waals surface area (Å²) in [6.45, 7) is 3.30. The largest absolute Gasteiger partial charge is 0.283 e. The van der Waals surface area contributed by atoms with Crippen LogP contribution < -0.4 is 5.32 Å². The molecule has 17 heavy (non-hydrogen) atoms. The van der Waals surface area contributed by atoms with E-state index in [1.54, 1.807) is 0 Å². The molecular weight excluding hydrogens is 208 g/mol. The Morgan fingerprint density at radius 1 is 1.06 bits per heavy atom. The molecule has 2 heteroatoms. The fourth-order valence-corrected chi connectivity index (χ4v) is 2.94. The maximum Gasteiger partial charge on any atom is 0.103 e. The van der Waals surface area contributed by atoms with Gasteiger partial charge in [0.2, 0.25) is 0 Å². The molecule has 1 unspecified atom stereocenters. The van der Waals surface area contributed by atoms with E-state index in [0.29, 0.717) is 6.17 Å². The van der Waals surface area contributed by atoms with Crippen LogP contribution >= 0.6 is 0 Å². The zero-order chi connectivity index (χ0) is 11.2. The summed E-state index contributed by atoms with van der Waals surface area (Å²) < 4.78 is 0. The van der Waals surface area contributed by atoms with Gasteiger partial charge in [-0.1, -0.05) is 36.4 Å². The van der Waals surface area contributed by atoms with Gasteiger partial charge in [-0.05, 0) is 28.3 Å². The van der Waals surface area contributed by atoms with Crippen molar-refractivity contribution in [1.29, 1.82) is 0 Å². The van der Waals surface area contributed by atoms with Crippen molar-refractivity contribution in [3.63, 3.8) is 0 Å². The minimum absolute atomic E-state index is 0.324. The first-order valence-electron chi connectivity index (χ1n) is 6.35. The Balaban J connectivity index is 1.92. The van der Waals surface area contributed by atoms with Crippen molar-refractivity contribution < 1.29 is 0 Å². The van der Waals surface area contributed by atoms with Gasteiger partial charge < -0.3 is 0 Å². The Morgan fingerprint density at radius 3 is 2.76 bits per heavy atom. The first kappa shape index (κ1) is 9.63. The Hall–Kier alpha value is -1.38. The Bertz CT molecular complexity index is 572. The van der Waals surface area contributed by atoms with Gasteiger partial charge in [0.15, 0.2) is 0 Å². The molecule has 0 aliphatic carbocycles. The number of nitrogens with zero attached hydrogens (tertiary/aromatic N) is 2. The van der Waals surface area contributed by atoms with Crippen molar-refractivity contribution >= 4 is 10.8 Å². The highest BCUT2D eigenvalue weighted by atomic mass is 15.3. The third-order valence-corrected chi connectivity index (χ3v) is 3.99. The summed E-state index contributed by atoms with van der Waals surface area (Å²) in [4.78, 5) is 2.48. The molecule has 0 aromatic heterocycles. The molecule has 2 aliphatic rings. The van der Waals surface area contributed by atoms with Gasteiger partial charge in [-0.25, -0.2) is 5.32 Å². The van der Waals surface area contributed by atoms with Crippen LogP contribution in [0.15, 0.2) is 36.4 Å². The molecule has 2 aromatic carbocycles. The number of hydrogen-bond acceptors (Lipinski definition) is 1. The quantitative estimate of drug-likeness (QED) is 0.726. The maximum absolute atomic E-state index is 4.80. The van der Waals surface area contributed by atoms with Crippen LogP contribution in [0.1, 0.15) is 23.7 Å². The highest BCUT2D eigenvalue weighted by Crippen LogP contribution is 2.37. The molecule has 2 aromatic rings. The van der Waals surface area contributed by atoms with Gasteiger partial charge in [-0.15, -0.1) is 0 Å². The molecule has 85 valence electrons. The van der Waals surface area contributed by atoms with Crippen molar-refractivity contribution in [3.8, 4) is 0 Å². The number of hydrogen-bond donors (Lipinski definition) is 0. The molecule has 0 amide bonds. The van der Waals surface area contributed by atoms with E-state index in [1.807, 2.05) is 0 Å². The van der Waals surface area contributed by atoms with Crippen LogP contribution in [0.5, 0.6) is 0 Å². The lowest BCUT2D eigenvalue weighted by molar-refractivity contribution is 0.1000. The number of benzene rings is 2. The summed E-state index contributed by atoms with van der Waals surface area (Å²) in [5.74, 6) is 0. The third kappa shape index (κ3) is 1.34. The fourth-order valence-electron chi connectivity index (χ4n) is 2.94. The number of rotatable bonds is 1. The van der Waals surface area contributed by atoms with Crippen molar-refractivity contribution in [2.24, 2.45) is 0 Å². The van der Waals surface area contributed by atoms with Crippen molar-refractivity contribution in [2.75, 3.05) is 13.1 Å². The first-order valence-corrected chi connectivity index (χ1v) is 6.35. The van der Waals surface area contributed by atoms with Gasteiger partial charge in [-0.3, -0.25) is 4.90 Å². The van der Waals surface area contributed by atoms with Gasteiger partial charge in [-0.2, -0.15) is 0 Å². The van der Waals surface area contributed by atoms with E-state index in [1.165, 1.54) is 41.4 Å². The van der Waals surface area contributed by atoms with Crippen molar-refractivity contribution in [2.45, 2.75) is 19.1 Å². The standard InChI is InChI=1S/C15H15N2/c1-2-5-13-11(4-1)6-7-12-10-16-15(14(12)13)17-8-3-9-17/h1-2,4-7,15H,3,8-10H2. The minimum atomic E-state index is 0.324. The lowest BCUT2D eigenvalue weighted by Gasteiger charge is -2.36. The molecule has 1 atom stereocenters. The van der Waals surface area contributed by atoms with Crippen LogP contribution in [0.2, 0.25) is 0 Å². The average Bonchev–Trinajstić information content (AvgIpc) is 2.71.